The van der Waals surface area contributed by atoms with Gasteiger partial charge < -0.3 is 15.8 Å². The molecular weight excluding hydrogens is 252 g/mol. The largest absolute Gasteiger partial charge is 0.465 e. The van der Waals surface area contributed by atoms with E-state index in [-0.39, 0.29) is 11.5 Å². The van der Waals surface area contributed by atoms with Crippen molar-refractivity contribution in [1.29, 1.82) is 0 Å². The Labute approximate surface area is 120 Å². The number of anilines is 1. The quantitative estimate of drug-likeness (QED) is 0.812. The van der Waals surface area contributed by atoms with Crippen LogP contribution in [0.2, 0.25) is 0 Å². The third kappa shape index (κ3) is 3.31. The molecule has 0 aromatic heterocycles. The number of benzene rings is 1. The summed E-state index contributed by atoms with van der Waals surface area (Å²) >= 11 is 0. The van der Waals surface area contributed by atoms with E-state index in [0.29, 0.717) is 6.61 Å². The molecule has 1 aliphatic carbocycles. The van der Waals surface area contributed by atoms with Crippen LogP contribution in [0.4, 0.5) is 5.69 Å². The molecule has 20 heavy (non-hydrogen) atoms. The zero-order valence-corrected chi connectivity index (χ0v) is 12.1. The summed E-state index contributed by atoms with van der Waals surface area (Å²) < 4.78 is 5.12. The summed E-state index contributed by atoms with van der Waals surface area (Å²) in [7, 11) is 0. The average molecular weight is 276 g/mol. The second kappa shape index (κ2) is 6.75. The average Bonchev–Trinajstić information content (AvgIpc) is 2.48. The van der Waals surface area contributed by atoms with Gasteiger partial charge in [-0.1, -0.05) is 37.5 Å². The minimum Gasteiger partial charge on any atom is -0.465 e. The molecule has 4 nitrogen and oxygen atoms in total. The number of nitrogens with one attached hydrogen (secondary N) is 1. The molecule has 1 atom stereocenters. The fraction of sp³-hybridized carbons (Fsp3) is 0.562. The van der Waals surface area contributed by atoms with Crippen molar-refractivity contribution in [2.24, 2.45) is 5.73 Å². The van der Waals surface area contributed by atoms with Crippen LogP contribution in [0.3, 0.4) is 0 Å². The molecule has 2 rings (SSSR count). The first-order chi connectivity index (χ1) is 9.68. The predicted molar refractivity (Wildman–Crippen MR) is 80.5 cm³/mol. The lowest BCUT2D eigenvalue weighted by Crippen LogP contribution is -2.59. The first-order valence-corrected chi connectivity index (χ1v) is 7.43. The SMILES string of the molecule is CCOC(=O)[C@@H](N)C1(Nc2ccccc2)CCCCC1. The molecule has 0 saturated heterocycles. The number of carbonyl (C=O) groups excluding carboxylic acids is 1. The Hall–Kier alpha value is -1.55. The second-order valence-corrected chi connectivity index (χ2v) is 5.44. The van der Waals surface area contributed by atoms with Gasteiger partial charge in [0.15, 0.2) is 0 Å². The standard InChI is InChI=1S/C16H24N2O2/c1-2-20-15(19)14(17)16(11-7-4-8-12-16)18-13-9-5-3-6-10-13/h3,5-6,9-10,14,18H,2,4,7-8,11-12,17H2,1H3/t14-/m1/s1. The van der Waals surface area contributed by atoms with E-state index in [1.807, 2.05) is 37.3 Å². The molecule has 0 aliphatic heterocycles. The third-order valence-electron chi connectivity index (χ3n) is 4.05. The van der Waals surface area contributed by atoms with Crippen LogP contribution in [-0.4, -0.2) is 24.2 Å². The highest BCUT2D eigenvalue weighted by Crippen LogP contribution is 2.34. The minimum atomic E-state index is -0.622. The fourth-order valence-electron chi connectivity index (χ4n) is 2.96. The van der Waals surface area contributed by atoms with E-state index in [2.05, 4.69) is 5.32 Å². The fourth-order valence-corrected chi connectivity index (χ4v) is 2.96. The maximum Gasteiger partial charge on any atom is 0.325 e. The summed E-state index contributed by atoms with van der Waals surface area (Å²) in [6.07, 6.45) is 5.19. The number of nitrogens with two attached hydrogens (primary N) is 1. The number of rotatable bonds is 5. The molecule has 0 unspecified atom stereocenters. The van der Waals surface area contributed by atoms with Crippen LogP contribution in [0, 0.1) is 0 Å². The summed E-state index contributed by atoms with van der Waals surface area (Å²) in [6.45, 7) is 2.18. The van der Waals surface area contributed by atoms with Gasteiger partial charge in [0.05, 0.1) is 12.1 Å². The van der Waals surface area contributed by atoms with Gasteiger partial charge in [-0.25, -0.2) is 0 Å². The molecule has 0 heterocycles. The van der Waals surface area contributed by atoms with Gasteiger partial charge in [0.25, 0.3) is 0 Å². The monoisotopic (exact) mass is 276 g/mol. The van der Waals surface area contributed by atoms with Crippen molar-refractivity contribution >= 4 is 11.7 Å². The molecule has 0 amide bonds. The van der Waals surface area contributed by atoms with Crippen molar-refractivity contribution in [3.63, 3.8) is 0 Å². The Morgan fingerprint density at radius 3 is 2.55 bits per heavy atom. The van der Waals surface area contributed by atoms with E-state index in [1.165, 1.54) is 6.42 Å². The van der Waals surface area contributed by atoms with Crippen LogP contribution >= 0.6 is 0 Å². The molecule has 1 aromatic carbocycles. The maximum absolute atomic E-state index is 12.1. The van der Waals surface area contributed by atoms with E-state index < -0.39 is 6.04 Å². The van der Waals surface area contributed by atoms with Crippen LogP contribution < -0.4 is 11.1 Å². The highest BCUT2D eigenvalue weighted by Gasteiger charge is 2.42. The predicted octanol–water partition coefficient (Wildman–Crippen LogP) is 2.69. The Morgan fingerprint density at radius 2 is 1.95 bits per heavy atom. The van der Waals surface area contributed by atoms with E-state index in [1.54, 1.807) is 0 Å². The van der Waals surface area contributed by atoms with Crippen molar-refractivity contribution in [3.8, 4) is 0 Å². The molecule has 1 aromatic rings. The van der Waals surface area contributed by atoms with Crippen LogP contribution in [0.25, 0.3) is 0 Å². The summed E-state index contributed by atoms with van der Waals surface area (Å²) in [6, 6.07) is 9.33. The summed E-state index contributed by atoms with van der Waals surface area (Å²) in [5.41, 5.74) is 6.85. The Balaban J connectivity index is 2.18. The third-order valence-corrected chi connectivity index (χ3v) is 4.05. The first kappa shape index (κ1) is 14.9. The zero-order valence-electron chi connectivity index (χ0n) is 12.1. The number of carbonyl (C=O) groups is 1. The topological polar surface area (TPSA) is 64.3 Å². The van der Waals surface area contributed by atoms with Crippen molar-refractivity contribution < 1.29 is 9.53 Å². The normalized spacial score (nSPS) is 19.1. The zero-order chi connectivity index (χ0) is 14.4. The van der Waals surface area contributed by atoms with Crippen molar-refractivity contribution in [1.82, 2.24) is 0 Å². The van der Waals surface area contributed by atoms with Gasteiger partial charge in [0.2, 0.25) is 0 Å². The molecule has 0 radical (unpaired) electrons. The molecule has 0 spiro atoms. The number of hydrogen-bond donors (Lipinski definition) is 2. The van der Waals surface area contributed by atoms with Gasteiger partial charge in [0.1, 0.15) is 6.04 Å². The van der Waals surface area contributed by atoms with Gasteiger partial charge in [-0.2, -0.15) is 0 Å². The molecule has 1 fully saturated rings. The Kier molecular flexibility index (Phi) is 5.01. The summed E-state index contributed by atoms with van der Waals surface area (Å²) in [4.78, 5) is 12.1. The highest BCUT2D eigenvalue weighted by molar-refractivity contribution is 5.78. The number of para-hydroxylation sites is 1. The molecule has 110 valence electrons. The van der Waals surface area contributed by atoms with Crippen LogP contribution in [0.5, 0.6) is 0 Å². The van der Waals surface area contributed by atoms with Gasteiger partial charge in [0, 0.05) is 5.69 Å². The lowest BCUT2D eigenvalue weighted by molar-refractivity contribution is -0.146. The summed E-state index contributed by atoms with van der Waals surface area (Å²) in [5, 5.41) is 3.51. The van der Waals surface area contributed by atoms with E-state index in [0.717, 1.165) is 31.4 Å². The second-order valence-electron chi connectivity index (χ2n) is 5.44. The van der Waals surface area contributed by atoms with Crippen LogP contribution in [0.15, 0.2) is 30.3 Å². The molecule has 0 bridgehead atoms. The lowest BCUT2D eigenvalue weighted by Gasteiger charge is -2.42. The molecular formula is C16H24N2O2. The molecule has 3 N–H and O–H groups in total. The molecule has 1 saturated carbocycles. The smallest absolute Gasteiger partial charge is 0.325 e. The van der Waals surface area contributed by atoms with Crippen LogP contribution in [0.1, 0.15) is 39.0 Å². The maximum atomic E-state index is 12.1. The van der Waals surface area contributed by atoms with Crippen molar-refractivity contribution in [2.75, 3.05) is 11.9 Å². The van der Waals surface area contributed by atoms with Gasteiger partial charge in [-0.3, -0.25) is 4.79 Å². The van der Waals surface area contributed by atoms with Gasteiger partial charge >= 0.3 is 5.97 Å². The number of hydrogen-bond acceptors (Lipinski definition) is 4. The van der Waals surface area contributed by atoms with Crippen molar-refractivity contribution in [2.45, 2.75) is 50.6 Å². The summed E-state index contributed by atoms with van der Waals surface area (Å²) in [5.74, 6) is -0.308. The highest BCUT2D eigenvalue weighted by atomic mass is 16.5. The Bertz CT molecular complexity index is 427. The van der Waals surface area contributed by atoms with Crippen LogP contribution in [-0.2, 0) is 9.53 Å². The molecule has 1 aliphatic rings. The number of esters is 1. The van der Waals surface area contributed by atoms with E-state index in [9.17, 15) is 4.79 Å². The van der Waals surface area contributed by atoms with Crippen molar-refractivity contribution in [3.05, 3.63) is 30.3 Å². The minimum absolute atomic E-state index is 0.308. The molecule has 4 heteroatoms. The van der Waals surface area contributed by atoms with E-state index in [4.69, 9.17) is 10.5 Å². The van der Waals surface area contributed by atoms with E-state index >= 15 is 0 Å². The Morgan fingerprint density at radius 1 is 1.30 bits per heavy atom. The van der Waals surface area contributed by atoms with Gasteiger partial charge in [-0.05, 0) is 31.9 Å². The number of ether oxygens (including phenoxy) is 1. The first-order valence-electron chi connectivity index (χ1n) is 7.43. The lowest BCUT2D eigenvalue weighted by atomic mass is 9.76. The van der Waals surface area contributed by atoms with Gasteiger partial charge in [-0.15, -0.1) is 0 Å².